The van der Waals surface area contributed by atoms with Crippen molar-refractivity contribution in [3.63, 3.8) is 0 Å². The highest BCUT2D eigenvalue weighted by Crippen LogP contribution is 2.44. The molecule has 0 aliphatic heterocycles. The Hall–Kier alpha value is -6.76. The van der Waals surface area contributed by atoms with E-state index < -0.39 is 0 Å². The highest BCUT2D eigenvalue weighted by Gasteiger charge is 2.20. The van der Waals surface area contributed by atoms with Crippen LogP contribution >= 0.6 is 11.3 Å². The van der Waals surface area contributed by atoms with Crippen LogP contribution in [0.4, 0.5) is 0 Å². The monoisotopic (exact) mass is 682 g/mol. The van der Waals surface area contributed by atoms with Crippen LogP contribution in [0.15, 0.2) is 162 Å². The van der Waals surface area contributed by atoms with Gasteiger partial charge in [0, 0.05) is 53.9 Å². The maximum atomic E-state index is 6.25. The predicted octanol–water partition coefficient (Wildman–Crippen LogP) is 12.5. The van der Waals surface area contributed by atoms with E-state index in [0.717, 1.165) is 66.2 Å². The van der Waals surface area contributed by atoms with Gasteiger partial charge < -0.3 is 4.42 Å². The van der Waals surface area contributed by atoms with Crippen molar-refractivity contribution in [3.05, 3.63) is 158 Å². The van der Waals surface area contributed by atoms with Crippen molar-refractivity contribution in [1.82, 2.24) is 19.9 Å². The molecular weight excluding hydrogens is 657 g/mol. The van der Waals surface area contributed by atoms with Crippen molar-refractivity contribution in [3.8, 4) is 45.4 Å². The van der Waals surface area contributed by atoms with Crippen molar-refractivity contribution < 1.29 is 4.42 Å². The fraction of sp³-hybridized carbons (Fsp3) is 0. The Kier molecular flexibility index (Phi) is 6.35. The number of rotatable bonds is 4. The van der Waals surface area contributed by atoms with Crippen LogP contribution < -0.4 is 0 Å². The Bertz CT molecular complexity index is 3200. The zero-order valence-electron chi connectivity index (χ0n) is 27.6. The first-order valence-electron chi connectivity index (χ1n) is 17.2. The van der Waals surface area contributed by atoms with Gasteiger partial charge in [-0.2, -0.15) is 0 Å². The summed E-state index contributed by atoms with van der Waals surface area (Å²) < 4.78 is 8.60. The number of aromatic nitrogens is 4. The van der Waals surface area contributed by atoms with Crippen molar-refractivity contribution in [1.29, 1.82) is 0 Å². The lowest BCUT2D eigenvalue weighted by molar-refractivity contribution is 0.669. The standard InChI is InChI=1S/C46H26N4OS/c1-2-12-28(13-3-1)44-48-45(50-46(49-44)34-17-10-20-38-40(34)33-16-7-9-19-37(33)51-38)31-23-24-39-35(26-31)41-32-15-6-8-18-36(32)47-42(43(41)52-39)30-22-21-27-11-4-5-14-29(27)25-30/h1-26H. The summed E-state index contributed by atoms with van der Waals surface area (Å²) in [6, 6.07) is 54.4. The normalized spacial score (nSPS) is 11.8. The third-order valence-corrected chi connectivity index (χ3v) is 11.1. The number of para-hydroxylation sites is 2. The van der Waals surface area contributed by atoms with Gasteiger partial charge in [0.15, 0.2) is 17.5 Å². The van der Waals surface area contributed by atoms with E-state index in [0.29, 0.717) is 17.5 Å². The van der Waals surface area contributed by atoms with E-state index in [9.17, 15) is 0 Å². The number of hydrogen-bond acceptors (Lipinski definition) is 6. The minimum absolute atomic E-state index is 0.601. The summed E-state index contributed by atoms with van der Waals surface area (Å²) in [6.45, 7) is 0. The van der Waals surface area contributed by atoms with Gasteiger partial charge in [-0.05, 0) is 53.2 Å². The van der Waals surface area contributed by atoms with Gasteiger partial charge in [0.2, 0.25) is 0 Å². The van der Waals surface area contributed by atoms with Gasteiger partial charge in [0.05, 0.1) is 15.9 Å². The first kappa shape index (κ1) is 29.0. The van der Waals surface area contributed by atoms with Gasteiger partial charge in [-0.1, -0.05) is 115 Å². The largest absolute Gasteiger partial charge is 0.456 e. The van der Waals surface area contributed by atoms with E-state index in [-0.39, 0.29) is 0 Å². The quantitative estimate of drug-likeness (QED) is 0.185. The topological polar surface area (TPSA) is 64.7 Å². The predicted molar refractivity (Wildman–Crippen MR) is 215 cm³/mol. The van der Waals surface area contributed by atoms with Gasteiger partial charge >= 0.3 is 0 Å². The van der Waals surface area contributed by atoms with Gasteiger partial charge in [0.1, 0.15) is 11.2 Å². The van der Waals surface area contributed by atoms with Crippen LogP contribution in [0.25, 0.3) is 109 Å². The molecule has 4 aromatic heterocycles. The maximum absolute atomic E-state index is 6.25. The van der Waals surface area contributed by atoms with E-state index in [1.807, 2.05) is 60.7 Å². The fourth-order valence-corrected chi connectivity index (χ4v) is 8.67. The molecule has 0 unspecified atom stereocenters. The zero-order chi connectivity index (χ0) is 34.2. The highest BCUT2D eigenvalue weighted by molar-refractivity contribution is 7.26. The van der Waals surface area contributed by atoms with Crippen molar-refractivity contribution in [2.75, 3.05) is 0 Å². The fourth-order valence-electron chi connectivity index (χ4n) is 7.46. The van der Waals surface area contributed by atoms with Crippen LogP contribution in [-0.4, -0.2) is 19.9 Å². The van der Waals surface area contributed by atoms with E-state index in [1.54, 1.807) is 11.3 Å². The number of pyridine rings is 1. The first-order valence-corrected chi connectivity index (χ1v) is 18.0. The molecule has 0 aliphatic rings. The van der Waals surface area contributed by atoms with E-state index >= 15 is 0 Å². The number of thiophene rings is 1. The SMILES string of the molecule is c1ccc(-c2nc(-c3ccc4sc5c(-c6ccc7ccccc7c6)nc6ccccc6c5c4c3)nc(-c3cccc4oc5ccccc5c34)n2)cc1. The molecule has 7 aromatic carbocycles. The molecule has 52 heavy (non-hydrogen) atoms. The van der Waals surface area contributed by atoms with Gasteiger partial charge in [-0.15, -0.1) is 11.3 Å². The molecule has 0 fully saturated rings. The Morgan fingerprint density at radius 2 is 1.13 bits per heavy atom. The van der Waals surface area contributed by atoms with Gasteiger partial charge in [-0.25, -0.2) is 19.9 Å². The molecule has 0 saturated heterocycles. The highest BCUT2D eigenvalue weighted by atomic mass is 32.1. The Balaban J connectivity index is 1.16. The second-order valence-corrected chi connectivity index (χ2v) is 14.1. The van der Waals surface area contributed by atoms with E-state index in [1.165, 1.54) is 25.6 Å². The molecule has 4 heterocycles. The second kappa shape index (κ2) is 11.4. The third-order valence-electron chi connectivity index (χ3n) is 9.90. The average molecular weight is 683 g/mol. The number of benzene rings is 7. The zero-order valence-corrected chi connectivity index (χ0v) is 28.4. The molecule has 0 amide bonds. The molecule has 0 radical (unpaired) electrons. The molecule has 0 N–H and O–H groups in total. The molecule has 5 nitrogen and oxygen atoms in total. The van der Waals surface area contributed by atoms with E-state index in [4.69, 9.17) is 24.4 Å². The molecule has 0 aliphatic carbocycles. The molecule has 0 saturated carbocycles. The van der Waals surface area contributed by atoms with Crippen molar-refractivity contribution in [2.24, 2.45) is 0 Å². The number of fused-ring (bicyclic) bond motifs is 9. The Morgan fingerprint density at radius 1 is 0.423 bits per heavy atom. The minimum Gasteiger partial charge on any atom is -0.456 e. The molecule has 11 rings (SSSR count). The molecule has 242 valence electrons. The summed E-state index contributed by atoms with van der Waals surface area (Å²) in [5.41, 5.74) is 7.47. The first-order chi connectivity index (χ1) is 25.7. The molecule has 0 bridgehead atoms. The molecule has 0 atom stereocenters. The summed E-state index contributed by atoms with van der Waals surface area (Å²) in [6.07, 6.45) is 0. The summed E-state index contributed by atoms with van der Waals surface area (Å²) >= 11 is 1.78. The number of furan rings is 1. The van der Waals surface area contributed by atoms with Crippen LogP contribution in [-0.2, 0) is 0 Å². The van der Waals surface area contributed by atoms with Crippen LogP contribution in [0.5, 0.6) is 0 Å². The Labute approximate surface area is 301 Å². The number of hydrogen-bond donors (Lipinski definition) is 0. The lowest BCUT2D eigenvalue weighted by Crippen LogP contribution is -2.00. The van der Waals surface area contributed by atoms with Gasteiger partial charge in [-0.3, -0.25) is 0 Å². The van der Waals surface area contributed by atoms with Gasteiger partial charge in [0.25, 0.3) is 0 Å². The maximum Gasteiger partial charge on any atom is 0.164 e. The molecule has 0 spiro atoms. The molecule has 6 heteroatoms. The summed E-state index contributed by atoms with van der Waals surface area (Å²) in [4.78, 5) is 20.6. The smallest absolute Gasteiger partial charge is 0.164 e. The second-order valence-electron chi connectivity index (χ2n) is 13.0. The summed E-state index contributed by atoms with van der Waals surface area (Å²) in [5.74, 6) is 1.83. The lowest BCUT2D eigenvalue weighted by Gasteiger charge is -2.10. The van der Waals surface area contributed by atoms with Crippen molar-refractivity contribution in [2.45, 2.75) is 0 Å². The lowest BCUT2D eigenvalue weighted by atomic mass is 10.0. The number of nitrogens with zero attached hydrogens (tertiary/aromatic N) is 4. The molecule has 11 aromatic rings. The van der Waals surface area contributed by atoms with Crippen LogP contribution in [0, 0.1) is 0 Å². The van der Waals surface area contributed by atoms with Crippen LogP contribution in [0.2, 0.25) is 0 Å². The summed E-state index contributed by atoms with van der Waals surface area (Å²) in [7, 11) is 0. The van der Waals surface area contributed by atoms with Crippen LogP contribution in [0.3, 0.4) is 0 Å². The summed E-state index contributed by atoms with van der Waals surface area (Å²) in [5, 5.41) is 7.93. The third kappa shape index (κ3) is 4.55. The van der Waals surface area contributed by atoms with Crippen molar-refractivity contribution >= 4 is 75.1 Å². The average Bonchev–Trinajstić information content (AvgIpc) is 3.79. The Morgan fingerprint density at radius 3 is 2.04 bits per heavy atom. The van der Waals surface area contributed by atoms with Crippen LogP contribution in [0.1, 0.15) is 0 Å². The minimum atomic E-state index is 0.601. The van der Waals surface area contributed by atoms with E-state index in [2.05, 4.69) is 97.1 Å². The molecular formula is C46H26N4OS.